The fourth-order valence-electron chi connectivity index (χ4n) is 3.63. The van der Waals surface area contributed by atoms with Gasteiger partial charge in [-0.05, 0) is 43.2 Å². The lowest BCUT2D eigenvalue weighted by Crippen LogP contribution is -2.38. The molecule has 4 N–H and O–H groups in total. The van der Waals surface area contributed by atoms with Gasteiger partial charge in [-0.2, -0.15) is 0 Å². The lowest BCUT2D eigenvalue weighted by atomic mass is 9.95. The van der Waals surface area contributed by atoms with Crippen LogP contribution in [-0.2, 0) is 0 Å². The molecule has 112 valence electrons. The van der Waals surface area contributed by atoms with Crippen LogP contribution in [0.4, 0.5) is 11.4 Å². The summed E-state index contributed by atoms with van der Waals surface area (Å²) in [4.78, 5) is 22.9. The summed E-state index contributed by atoms with van der Waals surface area (Å²) in [5, 5.41) is 14.0. The molecule has 2 saturated carbocycles. The molecular weight excluding hydrogens is 272 g/mol. The normalized spacial score (nSPS) is 26.6. The Labute approximate surface area is 122 Å². The molecule has 0 saturated heterocycles. The highest BCUT2D eigenvalue weighted by molar-refractivity contribution is 5.99. The Kier molecular flexibility index (Phi) is 3.50. The second kappa shape index (κ2) is 5.33. The number of hydrazine groups is 1. The molecule has 1 amide bonds. The van der Waals surface area contributed by atoms with E-state index in [-0.39, 0.29) is 17.3 Å². The van der Waals surface area contributed by atoms with Crippen LogP contribution in [0.1, 0.15) is 36.0 Å². The second-order valence-corrected chi connectivity index (χ2v) is 5.89. The van der Waals surface area contributed by atoms with Crippen molar-refractivity contribution in [1.29, 1.82) is 0 Å². The van der Waals surface area contributed by atoms with Gasteiger partial charge in [0.15, 0.2) is 0 Å². The molecule has 2 fully saturated rings. The number of nitrogens with two attached hydrogens (primary N) is 1. The van der Waals surface area contributed by atoms with Crippen LogP contribution in [0.3, 0.4) is 0 Å². The van der Waals surface area contributed by atoms with Gasteiger partial charge >= 0.3 is 0 Å². The molecule has 1 aromatic rings. The van der Waals surface area contributed by atoms with E-state index in [1.54, 1.807) is 0 Å². The smallest absolute Gasteiger partial charge is 0.282 e. The van der Waals surface area contributed by atoms with E-state index in [9.17, 15) is 14.9 Å². The summed E-state index contributed by atoms with van der Waals surface area (Å²) in [6.45, 7) is 0. The number of carbonyl (C=O) groups excluding carboxylic acids is 1. The zero-order valence-corrected chi connectivity index (χ0v) is 11.5. The average Bonchev–Trinajstić information content (AvgIpc) is 3.09. The summed E-state index contributed by atoms with van der Waals surface area (Å²) in [5.74, 6) is 6.14. The molecule has 0 radical (unpaired) electrons. The second-order valence-electron chi connectivity index (χ2n) is 5.89. The maximum Gasteiger partial charge on any atom is 0.282 e. The van der Waals surface area contributed by atoms with Gasteiger partial charge in [0.05, 0.1) is 4.92 Å². The molecule has 2 aliphatic rings. The molecule has 3 atom stereocenters. The minimum Gasteiger partial charge on any atom is -0.349 e. The van der Waals surface area contributed by atoms with Gasteiger partial charge < -0.3 is 10.7 Å². The number of rotatable bonds is 4. The molecule has 0 spiro atoms. The summed E-state index contributed by atoms with van der Waals surface area (Å²) in [6, 6.07) is 4.34. The third-order valence-electron chi connectivity index (χ3n) is 4.66. The Morgan fingerprint density at radius 2 is 2.14 bits per heavy atom. The van der Waals surface area contributed by atoms with Crippen LogP contribution < -0.4 is 16.6 Å². The number of carbonyl (C=O) groups is 1. The van der Waals surface area contributed by atoms with Crippen LogP contribution >= 0.6 is 0 Å². The van der Waals surface area contributed by atoms with Crippen molar-refractivity contribution in [3.8, 4) is 0 Å². The van der Waals surface area contributed by atoms with E-state index in [0.29, 0.717) is 17.5 Å². The van der Waals surface area contributed by atoms with Gasteiger partial charge in [-0.3, -0.25) is 20.8 Å². The van der Waals surface area contributed by atoms with E-state index in [0.717, 1.165) is 19.3 Å². The summed E-state index contributed by atoms with van der Waals surface area (Å²) in [7, 11) is 0. The first-order valence-electron chi connectivity index (χ1n) is 7.14. The number of nitrogen functional groups attached to an aromatic ring is 1. The van der Waals surface area contributed by atoms with Crippen molar-refractivity contribution in [3.63, 3.8) is 0 Å². The van der Waals surface area contributed by atoms with Gasteiger partial charge in [0.25, 0.3) is 11.6 Å². The van der Waals surface area contributed by atoms with Crippen molar-refractivity contribution >= 4 is 17.3 Å². The van der Waals surface area contributed by atoms with E-state index >= 15 is 0 Å². The third kappa shape index (κ3) is 2.56. The number of amides is 1. The lowest BCUT2D eigenvalue weighted by molar-refractivity contribution is -0.385. The standard InChI is InChI=1S/C14H18N4O3/c15-17-10-3-4-13(18(20)21)11(7-10)14(19)16-12-6-8-1-2-9(12)5-8/h3-4,7-9,12,17H,1-2,5-6,15H2,(H,16,19). The SMILES string of the molecule is NNc1ccc([N+](=O)[O-])c(C(=O)NC2CC3CCC2C3)c1. The lowest BCUT2D eigenvalue weighted by Gasteiger charge is -2.22. The molecule has 0 aromatic heterocycles. The number of anilines is 1. The van der Waals surface area contributed by atoms with Crippen molar-refractivity contribution in [2.45, 2.75) is 31.7 Å². The number of nitro groups is 1. The topological polar surface area (TPSA) is 110 Å². The molecule has 3 unspecified atom stereocenters. The first-order valence-corrected chi connectivity index (χ1v) is 7.14. The molecule has 2 aliphatic carbocycles. The molecule has 0 aliphatic heterocycles. The number of fused-ring (bicyclic) bond motifs is 2. The summed E-state index contributed by atoms with van der Waals surface area (Å²) in [5.41, 5.74) is 2.73. The highest BCUT2D eigenvalue weighted by Gasteiger charge is 2.40. The van der Waals surface area contributed by atoms with Crippen molar-refractivity contribution in [1.82, 2.24) is 5.32 Å². The maximum absolute atomic E-state index is 12.4. The third-order valence-corrected chi connectivity index (χ3v) is 4.66. The minimum atomic E-state index is -0.546. The van der Waals surface area contributed by atoms with E-state index in [1.807, 2.05) is 0 Å². The monoisotopic (exact) mass is 290 g/mol. The Balaban J connectivity index is 1.81. The highest BCUT2D eigenvalue weighted by atomic mass is 16.6. The zero-order chi connectivity index (χ0) is 15.0. The van der Waals surface area contributed by atoms with Gasteiger partial charge in [-0.1, -0.05) is 6.42 Å². The number of hydrogen-bond donors (Lipinski definition) is 3. The van der Waals surface area contributed by atoms with E-state index in [2.05, 4.69) is 10.7 Å². The molecule has 3 rings (SSSR count). The van der Waals surface area contributed by atoms with Crippen LogP contribution in [0, 0.1) is 22.0 Å². The maximum atomic E-state index is 12.4. The van der Waals surface area contributed by atoms with E-state index in [1.165, 1.54) is 24.6 Å². The molecule has 1 aromatic carbocycles. The fourth-order valence-corrected chi connectivity index (χ4v) is 3.63. The van der Waals surface area contributed by atoms with E-state index < -0.39 is 10.8 Å². The predicted molar refractivity (Wildman–Crippen MR) is 77.6 cm³/mol. The Bertz CT molecular complexity index is 590. The average molecular weight is 290 g/mol. The zero-order valence-electron chi connectivity index (χ0n) is 11.5. The van der Waals surface area contributed by atoms with Gasteiger partial charge in [0, 0.05) is 17.8 Å². The van der Waals surface area contributed by atoms with Crippen molar-refractivity contribution in [2.24, 2.45) is 17.7 Å². The van der Waals surface area contributed by atoms with Crippen molar-refractivity contribution in [2.75, 3.05) is 5.43 Å². The van der Waals surface area contributed by atoms with Crippen LogP contribution in [-0.4, -0.2) is 16.9 Å². The van der Waals surface area contributed by atoms with Crippen molar-refractivity contribution in [3.05, 3.63) is 33.9 Å². The van der Waals surface area contributed by atoms with Crippen LogP contribution in [0.15, 0.2) is 18.2 Å². The minimum absolute atomic E-state index is 0.0539. The fraction of sp³-hybridized carbons (Fsp3) is 0.500. The summed E-state index contributed by atoms with van der Waals surface area (Å²) in [6.07, 6.45) is 4.53. The molecular formula is C14H18N4O3. The molecule has 2 bridgehead atoms. The van der Waals surface area contributed by atoms with Gasteiger partial charge in [0.2, 0.25) is 0 Å². The van der Waals surface area contributed by atoms with Gasteiger partial charge in [0.1, 0.15) is 5.56 Å². The van der Waals surface area contributed by atoms with Crippen LogP contribution in [0.25, 0.3) is 0 Å². The number of nitro benzene ring substituents is 1. The number of nitrogens with one attached hydrogen (secondary N) is 2. The first kappa shape index (κ1) is 13.8. The number of benzene rings is 1. The highest BCUT2D eigenvalue weighted by Crippen LogP contribution is 2.44. The Morgan fingerprint density at radius 1 is 1.33 bits per heavy atom. The first-order chi connectivity index (χ1) is 10.1. The van der Waals surface area contributed by atoms with Crippen LogP contribution in [0.2, 0.25) is 0 Å². The Hall–Kier alpha value is -2.15. The predicted octanol–water partition coefficient (Wildman–Crippen LogP) is 1.80. The van der Waals surface area contributed by atoms with Crippen LogP contribution in [0.5, 0.6) is 0 Å². The van der Waals surface area contributed by atoms with Crippen molar-refractivity contribution < 1.29 is 9.72 Å². The van der Waals surface area contributed by atoms with E-state index in [4.69, 9.17) is 5.84 Å². The van der Waals surface area contributed by atoms with Gasteiger partial charge in [-0.15, -0.1) is 0 Å². The molecule has 7 heteroatoms. The largest absolute Gasteiger partial charge is 0.349 e. The number of hydrogen-bond acceptors (Lipinski definition) is 5. The molecule has 7 nitrogen and oxygen atoms in total. The van der Waals surface area contributed by atoms with Gasteiger partial charge in [-0.25, -0.2) is 0 Å². The Morgan fingerprint density at radius 3 is 2.71 bits per heavy atom. The molecule has 21 heavy (non-hydrogen) atoms. The number of nitrogens with zero attached hydrogens (tertiary/aromatic N) is 1. The molecule has 0 heterocycles. The summed E-state index contributed by atoms with van der Waals surface area (Å²) >= 11 is 0. The quantitative estimate of drug-likeness (QED) is 0.445. The summed E-state index contributed by atoms with van der Waals surface area (Å²) < 4.78 is 0.